The predicted octanol–water partition coefficient (Wildman–Crippen LogP) is 2.56. The number of quaternary nitrogens is 1. The molecule has 0 aromatic carbocycles. The van der Waals surface area contributed by atoms with Crippen molar-refractivity contribution in [3.63, 3.8) is 0 Å². The first-order valence-corrected chi connectivity index (χ1v) is 3.08. The minimum atomic E-state index is -6.00. The molecule has 0 unspecified atom stereocenters. The van der Waals surface area contributed by atoms with Crippen molar-refractivity contribution in [3.8, 4) is 0 Å². The molecule has 0 heterocycles. The Morgan fingerprint density at radius 1 is 0.692 bits per heavy atom. The van der Waals surface area contributed by atoms with Gasteiger partial charge < -0.3 is 23.0 Å². The average molecular weight is 203 g/mol. The van der Waals surface area contributed by atoms with Gasteiger partial charge in [0.1, 0.15) is 0 Å². The highest BCUT2D eigenvalue weighted by atomic mass is 19.5. The van der Waals surface area contributed by atoms with E-state index in [1.807, 2.05) is 0 Å². The maximum atomic E-state index is 9.75. The molecule has 82 valence electrons. The van der Waals surface area contributed by atoms with Crippen LogP contribution in [0.3, 0.4) is 0 Å². The Bertz CT molecular complexity index is 57.2. The van der Waals surface area contributed by atoms with E-state index < -0.39 is 7.25 Å². The second kappa shape index (κ2) is 44.2. The van der Waals surface area contributed by atoms with Crippen LogP contribution in [0.2, 0.25) is 0 Å². The second-order valence-electron chi connectivity index (χ2n) is 0.495. The molecule has 3 N–H and O–H groups in total. The van der Waals surface area contributed by atoms with Crippen LogP contribution in [0, 0.1) is 0 Å². The SMILES string of the molecule is C=C.C=C.C=C.C[NH3+].F[B-](F)(F)F. The van der Waals surface area contributed by atoms with Crippen molar-refractivity contribution in [2.75, 3.05) is 7.05 Å². The Morgan fingerprint density at radius 2 is 0.692 bits per heavy atom. The minimum Gasteiger partial charge on any atom is -0.418 e. The lowest BCUT2D eigenvalue weighted by Crippen LogP contribution is -2.40. The third kappa shape index (κ3) is 823. The van der Waals surface area contributed by atoms with Gasteiger partial charge in [-0.25, -0.2) is 0 Å². The van der Waals surface area contributed by atoms with Crippen LogP contribution in [-0.2, 0) is 0 Å². The van der Waals surface area contributed by atoms with E-state index in [2.05, 4.69) is 45.2 Å². The zero-order valence-corrected chi connectivity index (χ0v) is 8.04. The van der Waals surface area contributed by atoms with Crippen LogP contribution >= 0.6 is 0 Å². The fourth-order valence-corrected chi connectivity index (χ4v) is 0. The summed E-state index contributed by atoms with van der Waals surface area (Å²) in [5.74, 6) is 0. The van der Waals surface area contributed by atoms with Crippen LogP contribution in [0.5, 0.6) is 0 Å². The molecule has 0 saturated heterocycles. The Morgan fingerprint density at radius 3 is 0.692 bits per heavy atom. The van der Waals surface area contributed by atoms with Gasteiger partial charge in [0, 0.05) is 0 Å². The van der Waals surface area contributed by atoms with Crippen LogP contribution in [0.15, 0.2) is 39.5 Å². The van der Waals surface area contributed by atoms with E-state index >= 15 is 0 Å². The Balaban J connectivity index is -0.0000000230. The van der Waals surface area contributed by atoms with Crippen molar-refractivity contribution in [2.24, 2.45) is 0 Å². The van der Waals surface area contributed by atoms with Gasteiger partial charge in [0.15, 0.2) is 0 Å². The highest BCUT2D eigenvalue weighted by Crippen LogP contribution is 2.06. The topological polar surface area (TPSA) is 27.6 Å². The summed E-state index contributed by atoms with van der Waals surface area (Å²) < 4.78 is 39.0. The monoisotopic (exact) mass is 203 g/mol. The van der Waals surface area contributed by atoms with E-state index in [0.717, 1.165) is 0 Å². The molecule has 6 heteroatoms. The summed E-state index contributed by atoms with van der Waals surface area (Å²) in [5.41, 5.74) is 3.25. The average Bonchev–Trinajstić information content (AvgIpc) is 2.14. The summed E-state index contributed by atoms with van der Waals surface area (Å²) in [7, 11) is -4.25. The number of rotatable bonds is 0. The molecule has 0 aliphatic rings. The molecule has 0 spiro atoms. The molecule has 0 saturated carbocycles. The van der Waals surface area contributed by atoms with Crippen LogP contribution in [0.25, 0.3) is 0 Å². The van der Waals surface area contributed by atoms with E-state index in [1.165, 1.54) is 0 Å². The Labute approximate surface area is 77.7 Å². The molecular formula is C7H18BF4N. The fraction of sp³-hybridized carbons (Fsp3) is 0.143. The maximum absolute atomic E-state index is 9.75. The van der Waals surface area contributed by atoms with Crippen molar-refractivity contribution >= 4 is 7.25 Å². The zero-order chi connectivity index (χ0) is 12.5. The van der Waals surface area contributed by atoms with E-state index in [9.17, 15) is 17.3 Å². The first-order chi connectivity index (χ1) is 6.00. The second-order valence-corrected chi connectivity index (χ2v) is 0.495. The number of hydrogen-bond acceptors (Lipinski definition) is 0. The third-order valence-corrected chi connectivity index (χ3v) is 0. The molecule has 13 heavy (non-hydrogen) atoms. The van der Waals surface area contributed by atoms with E-state index in [1.54, 1.807) is 7.05 Å². The highest BCUT2D eigenvalue weighted by molar-refractivity contribution is 6.50. The maximum Gasteiger partial charge on any atom is 0.673 e. The molecule has 0 atom stereocenters. The van der Waals surface area contributed by atoms with Crippen molar-refractivity contribution in [1.82, 2.24) is 0 Å². The lowest BCUT2D eigenvalue weighted by atomic mass is 10.3. The first-order valence-electron chi connectivity index (χ1n) is 3.08. The molecule has 1 nitrogen and oxygen atoms in total. The van der Waals surface area contributed by atoms with Crippen molar-refractivity contribution in [3.05, 3.63) is 39.5 Å². The summed E-state index contributed by atoms with van der Waals surface area (Å²) in [6.07, 6.45) is 0. The third-order valence-electron chi connectivity index (χ3n) is 0. The van der Waals surface area contributed by atoms with Gasteiger partial charge in [0.2, 0.25) is 0 Å². The van der Waals surface area contributed by atoms with Gasteiger partial charge in [-0.1, -0.05) is 0 Å². The molecule has 0 fully saturated rings. The van der Waals surface area contributed by atoms with Gasteiger partial charge >= 0.3 is 7.25 Å². The number of halogens is 4. The molecule has 0 rings (SSSR count). The molecule has 0 aliphatic carbocycles. The molecule has 0 aliphatic heterocycles. The predicted molar refractivity (Wildman–Crippen MR) is 52.8 cm³/mol. The zero-order valence-electron chi connectivity index (χ0n) is 8.04. The van der Waals surface area contributed by atoms with Gasteiger partial charge in [-0.2, -0.15) is 0 Å². The van der Waals surface area contributed by atoms with Gasteiger partial charge in [-0.05, 0) is 0 Å². The molecule has 0 amide bonds. The summed E-state index contributed by atoms with van der Waals surface area (Å²) in [5, 5.41) is 0. The minimum absolute atomic E-state index is 1.75. The van der Waals surface area contributed by atoms with Gasteiger partial charge in [0.05, 0.1) is 7.05 Å². The smallest absolute Gasteiger partial charge is 0.418 e. The largest absolute Gasteiger partial charge is 0.673 e. The van der Waals surface area contributed by atoms with Gasteiger partial charge in [-0.15, -0.1) is 39.5 Å². The fourth-order valence-electron chi connectivity index (χ4n) is 0. The summed E-state index contributed by atoms with van der Waals surface area (Å²) in [6, 6.07) is 0. The quantitative estimate of drug-likeness (QED) is 0.356. The van der Waals surface area contributed by atoms with Crippen molar-refractivity contribution in [2.45, 2.75) is 0 Å². The van der Waals surface area contributed by atoms with Crippen LogP contribution in [-0.4, -0.2) is 14.3 Å². The van der Waals surface area contributed by atoms with E-state index in [-0.39, 0.29) is 0 Å². The molecule has 0 bridgehead atoms. The standard InChI is InChI=1S/3C2H4.CH5N.BF4/c4*1-2;2-1(3,4)5/h3*1-2H2;2H2,1H3;/q;;;;-1/p+1. The highest BCUT2D eigenvalue weighted by Gasteiger charge is 2.20. The summed E-state index contributed by atoms with van der Waals surface area (Å²) in [6.45, 7) is 18.0. The van der Waals surface area contributed by atoms with Gasteiger partial charge in [-0.3, -0.25) is 0 Å². The lowest BCUT2D eigenvalue weighted by Gasteiger charge is -1.94. The van der Waals surface area contributed by atoms with Crippen molar-refractivity contribution < 1.29 is 23.0 Å². The normalized spacial score (nSPS) is 6.00. The van der Waals surface area contributed by atoms with Crippen LogP contribution < -0.4 is 5.73 Å². The van der Waals surface area contributed by atoms with Crippen LogP contribution in [0.1, 0.15) is 0 Å². The van der Waals surface area contributed by atoms with Gasteiger partial charge in [0.25, 0.3) is 0 Å². The molecular weight excluding hydrogens is 185 g/mol. The first kappa shape index (κ1) is 29.7. The molecule has 0 aromatic rings. The Kier molecular flexibility index (Phi) is 101. The molecule has 0 aromatic heterocycles. The lowest BCUT2D eigenvalue weighted by molar-refractivity contribution is -0.325. The summed E-state index contributed by atoms with van der Waals surface area (Å²) >= 11 is 0. The summed E-state index contributed by atoms with van der Waals surface area (Å²) in [4.78, 5) is 0. The number of hydrogen-bond donors (Lipinski definition) is 1. The van der Waals surface area contributed by atoms with E-state index in [4.69, 9.17) is 0 Å². The van der Waals surface area contributed by atoms with E-state index in [0.29, 0.717) is 0 Å². The molecule has 0 radical (unpaired) electrons. The Hall–Kier alpha value is -1.04. The van der Waals surface area contributed by atoms with Crippen LogP contribution in [0.4, 0.5) is 17.3 Å². The van der Waals surface area contributed by atoms with Crippen molar-refractivity contribution in [1.29, 1.82) is 0 Å².